The lowest BCUT2D eigenvalue weighted by Crippen LogP contribution is -2.17. The zero-order valence-corrected chi connectivity index (χ0v) is 13.4. The highest BCUT2D eigenvalue weighted by Gasteiger charge is 2.24. The van der Waals surface area contributed by atoms with Crippen molar-refractivity contribution >= 4 is 23.1 Å². The molecule has 0 spiro atoms. The zero-order chi connectivity index (χ0) is 16.4. The Kier molecular flexibility index (Phi) is 3.98. The van der Waals surface area contributed by atoms with Gasteiger partial charge in [-0.1, -0.05) is 48.0 Å². The Hall–Kier alpha value is -2.88. The SMILES string of the molecule is Cc1ccc(C2=C/C(=N\N(C)c3ccccc3C)C(=O)O2)cc1. The van der Waals surface area contributed by atoms with Crippen molar-refractivity contribution in [1.82, 2.24) is 0 Å². The molecule has 0 unspecified atom stereocenters. The van der Waals surface area contributed by atoms with Crippen LogP contribution in [0.5, 0.6) is 0 Å². The molecule has 0 saturated heterocycles. The average molecular weight is 306 g/mol. The average Bonchev–Trinajstić information content (AvgIpc) is 2.89. The molecule has 1 aliphatic heterocycles. The Morgan fingerprint density at radius 2 is 1.70 bits per heavy atom. The van der Waals surface area contributed by atoms with Crippen LogP contribution in [0.25, 0.3) is 5.76 Å². The monoisotopic (exact) mass is 306 g/mol. The van der Waals surface area contributed by atoms with E-state index in [1.54, 1.807) is 11.1 Å². The number of hydrogen-bond acceptors (Lipinski definition) is 4. The van der Waals surface area contributed by atoms with Crippen molar-refractivity contribution in [3.8, 4) is 0 Å². The third-order valence-corrected chi connectivity index (χ3v) is 3.74. The summed E-state index contributed by atoms with van der Waals surface area (Å²) in [7, 11) is 1.82. The molecule has 0 atom stereocenters. The number of benzene rings is 2. The first-order valence-electron chi connectivity index (χ1n) is 7.43. The van der Waals surface area contributed by atoms with Gasteiger partial charge in [-0.2, -0.15) is 5.10 Å². The molecule has 2 aromatic rings. The van der Waals surface area contributed by atoms with E-state index >= 15 is 0 Å². The van der Waals surface area contributed by atoms with E-state index in [0.29, 0.717) is 11.5 Å². The van der Waals surface area contributed by atoms with Crippen molar-refractivity contribution < 1.29 is 9.53 Å². The maximum atomic E-state index is 12.0. The molecular formula is C19H18N2O2. The number of hydrogen-bond donors (Lipinski definition) is 0. The summed E-state index contributed by atoms with van der Waals surface area (Å²) in [6.07, 6.45) is 1.68. The third-order valence-electron chi connectivity index (χ3n) is 3.74. The number of para-hydroxylation sites is 1. The van der Waals surface area contributed by atoms with Gasteiger partial charge in [0.15, 0.2) is 5.71 Å². The van der Waals surface area contributed by atoms with Gasteiger partial charge in [-0.3, -0.25) is 5.01 Å². The Bertz CT molecular complexity index is 804. The predicted octanol–water partition coefficient (Wildman–Crippen LogP) is 3.69. The predicted molar refractivity (Wildman–Crippen MR) is 92.3 cm³/mol. The minimum absolute atomic E-state index is 0.298. The van der Waals surface area contributed by atoms with Crippen LogP contribution in [0.3, 0.4) is 0 Å². The first kappa shape index (κ1) is 15.0. The van der Waals surface area contributed by atoms with E-state index in [4.69, 9.17) is 4.74 Å². The van der Waals surface area contributed by atoms with E-state index in [1.807, 2.05) is 69.4 Å². The number of cyclic esters (lactones) is 1. The number of ether oxygens (including phenoxy) is 1. The maximum Gasteiger partial charge on any atom is 0.364 e. The summed E-state index contributed by atoms with van der Waals surface area (Å²) in [5.74, 6) is 0.105. The van der Waals surface area contributed by atoms with Crippen LogP contribution in [0.1, 0.15) is 16.7 Å². The highest BCUT2D eigenvalue weighted by molar-refractivity contribution is 6.45. The fourth-order valence-corrected chi connectivity index (χ4v) is 2.44. The molecule has 0 saturated carbocycles. The van der Waals surface area contributed by atoms with Gasteiger partial charge in [-0.05, 0) is 25.5 Å². The molecule has 4 heteroatoms. The molecule has 0 fully saturated rings. The number of nitrogens with zero attached hydrogens (tertiary/aromatic N) is 2. The normalized spacial score (nSPS) is 15.5. The molecule has 0 N–H and O–H groups in total. The van der Waals surface area contributed by atoms with Gasteiger partial charge in [0, 0.05) is 18.7 Å². The summed E-state index contributed by atoms with van der Waals surface area (Å²) in [6.45, 7) is 4.02. The number of rotatable bonds is 3. The Balaban J connectivity index is 1.89. The van der Waals surface area contributed by atoms with Crippen LogP contribution in [0.2, 0.25) is 0 Å². The van der Waals surface area contributed by atoms with Crippen LogP contribution in [0.4, 0.5) is 5.69 Å². The van der Waals surface area contributed by atoms with E-state index in [-0.39, 0.29) is 0 Å². The summed E-state index contributed by atoms with van der Waals surface area (Å²) < 4.78 is 5.33. The zero-order valence-electron chi connectivity index (χ0n) is 13.4. The van der Waals surface area contributed by atoms with Crippen LogP contribution in [-0.4, -0.2) is 18.7 Å². The Labute approximate surface area is 135 Å². The number of anilines is 1. The summed E-state index contributed by atoms with van der Waals surface area (Å²) in [4.78, 5) is 12.0. The fraction of sp³-hybridized carbons (Fsp3) is 0.158. The van der Waals surface area contributed by atoms with E-state index in [2.05, 4.69) is 5.10 Å². The van der Waals surface area contributed by atoms with Crippen molar-refractivity contribution in [1.29, 1.82) is 0 Å². The van der Waals surface area contributed by atoms with E-state index < -0.39 is 5.97 Å². The third kappa shape index (κ3) is 3.16. The molecular weight excluding hydrogens is 288 g/mol. The molecule has 116 valence electrons. The molecule has 1 aliphatic rings. The first-order chi connectivity index (χ1) is 11.0. The van der Waals surface area contributed by atoms with Gasteiger partial charge in [0.2, 0.25) is 0 Å². The van der Waals surface area contributed by atoms with Gasteiger partial charge in [0.25, 0.3) is 0 Å². The van der Waals surface area contributed by atoms with Crippen LogP contribution < -0.4 is 5.01 Å². The fourth-order valence-electron chi connectivity index (χ4n) is 2.44. The smallest absolute Gasteiger partial charge is 0.364 e. The molecule has 0 aromatic heterocycles. The summed E-state index contributed by atoms with van der Waals surface area (Å²) in [5, 5.41) is 6.08. The lowest BCUT2D eigenvalue weighted by Gasteiger charge is -2.15. The lowest BCUT2D eigenvalue weighted by molar-refractivity contribution is -0.128. The Morgan fingerprint density at radius 1 is 1.00 bits per heavy atom. The first-order valence-corrected chi connectivity index (χ1v) is 7.43. The van der Waals surface area contributed by atoms with Crippen molar-refractivity contribution in [3.63, 3.8) is 0 Å². The molecule has 2 aromatic carbocycles. The van der Waals surface area contributed by atoms with E-state index in [9.17, 15) is 4.79 Å². The van der Waals surface area contributed by atoms with Crippen LogP contribution >= 0.6 is 0 Å². The standard InChI is InChI=1S/C19H18N2O2/c1-13-8-10-15(11-9-13)18-12-16(19(22)23-18)20-21(3)17-7-5-4-6-14(17)2/h4-12H,1-3H3/b20-16+. The van der Waals surface area contributed by atoms with Gasteiger partial charge >= 0.3 is 5.97 Å². The quantitative estimate of drug-likeness (QED) is 0.641. The van der Waals surface area contributed by atoms with E-state index in [1.165, 1.54) is 0 Å². The number of carbonyl (C=O) groups excluding carboxylic acids is 1. The summed E-state index contributed by atoms with van der Waals surface area (Å²) in [5.41, 5.74) is 4.37. The molecule has 0 bridgehead atoms. The lowest BCUT2D eigenvalue weighted by atomic mass is 10.1. The van der Waals surface area contributed by atoms with Gasteiger partial charge in [0.05, 0.1) is 5.69 Å². The van der Waals surface area contributed by atoms with Crippen molar-refractivity contribution in [2.24, 2.45) is 5.10 Å². The second-order valence-corrected chi connectivity index (χ2v) is 5.56. The van der Waals surface area contributed by atoms with Gasteiger partial charge in [-0.25, -0.2) is 4.79 Å². The number of hydrazone groups is 1. The molecule has 0 radical (unpaired) electrons. The van der Waals surface area contributed by atoms with Crippen LogP contribution in [-0.2, 0) is 9.53 Å². The molecule has 4 nitrogen and oxygen atoms in total. The van der Waals surface area contributed by atoms with Crippen LogP contribution in [0.15, 0.2) is 59.7 Å². The van der Waals surface area contributed by atoms with Gasteiger partial charge in [0.1, 0.15) is 5.76 Å². The molecule has 0 aliphatic carbocycles. The number of esters is 1. The second kappa shape index (κ2) is 6.08. The number of carbonyl (C=O) groups is 1. The molecule has 3 rings (SSSR count). The molecule has 0 amide bonds. The summed E-state index contributed by atoms with van der Waals surface area (Å²) in [6, 6.07) is 15.7. The highest BCUT2D eigenvalue weighted by atomic mass is 16.5. The van der Waals surface area contributed by atoms with Crippen LogP contribution in [0, 0.1) is 13.8 Å². The highest BCUT2D eigenvalue weighted by Crippen LogP contribution is 2.24. The largest absolute Gasteiger partial charge is 0.421 e. The van der Waals surface area contributed by atoms with Gasteiger partial charge in [-0.15, -0.1) is 0 Å². The van der Waals surface area contributed by atoms with Crippen molar-refractivity contribution in [2.45, 2.75) is 13.8 Å². The molecule has 23 heavy (non-hydrogen) atoms. The van der Waals surface area contributed by atoms with Gasteiger partial charge < -0.3 is 4.74 Å². The topological polar surface area (TPSA) is 41.9 Å². The molecule has 1 heterocycles. The van der Waals surface area contributed by atoms with E-state index in [0.717, 1.165) is 22.4 Å². The Morgan fingerprint density at radius 3 is 2.39 bits per heavy atom. The maximum absolute atomic E-state index is 12.0. The summed E-state index contributed by atoms with van der Waals surface area (Å²) >= 11 is 0. The minimum Gasteiger partial charge on any atom is -0.421 e. The second-order valence-electron chi connectivity index (χ2n) is 5.56. The minimum atomic E-state index is -0.430. The van der Waals surface area contributed by atoms with Crippen molar-refractivity contribution in [3.05, 3.63) is 71.3 Å². The van der Waals surface area contributed by atoms with Crippen molar-refractivity contribution in [2.75, 3.05) is 12.1 Å². The number of aryl methyl sites for hydroxylation is 2.